The van der Waals surface area contributed by atoms with Gasteiger partial charge >= 0.3 is 12.2 Å². The Morgan fingerprint density at radius 1 is 0.580 bits per heavy atom. The summed E-state index contributed by atoms with van der Waals surface area (Å²) in [6.07, 6.45) is -0.842. The number of carbonyl (C=O) groups is 2. The highest BCUT2D eigenvalue weighted by atomic mass is 16.6. The second kappa shape index (κ2) is 23.4. The summed E-state index contributed by atoms with van der Waals surface area (Å²) in [6, 6.07) is 26.1. The third kappa shape index (κ3) is 14.1. The number of likely N-dealkylation sites (N-methyl/N-ethyl adjacent to an activating group) is 1. The van der Waals surface area contributed by atoms with E-state index in [9.17, 15) is 9.59 Å². The van der Waals surface area contributed by atoms with Crippen molar-refractivity contribution in [1.29, 1.82) is 0 Å². The van der Waals surface area contributed by atoms with Gasteiger partial charge in [0.1, 0.15) is 13.2 Å². The minimum Gasteiger partial charge on any atom is -0.448 e. The highest BCUT2D eigenvalue weighted by Crippen LogP contribution is 2.44. The number of hydrogen-bond donors (Lipinski definition) is 1. The number of rotatable bonds is 25. The molecule has 272 valence electrons. The Morgan fingerprint density at radius 3 is 1.58 bits per heavy atom. The molecule has 1 N–H and O–H groups in total. The van der Waals surface area contributed by atoms with Crippen LogP contribution in [-0.2, 0) is 44.5 Å². The maximum atomic E-state index is 12.6. The van der Waals surface area contributed by atoms with Crippen LogP contribution in [0.3, 0.4) is 0 Å². The molecule has 0 heterocycles. The van der Waals surface area contributed by atoms with Gasteiger partial charge in [-0.2, -0.15) is 0 Å². The van der Waals surface area contributed by atoms with E-state index in [1.807, 2.05) is 54.6 Å². The Balaban J connectivity index is 0.859. The molecule has 0 bridgehead atoms. The van der Waals surface area contributed by atoms with Crippen LogP contribution >= 0.6 is 0 Å². The minimum atomic E-state index is -0.473. The highest BCUT2D eigenvalue weighted by Gasteiger charge is 2.29. The van der Waals surface area contributed by atoms with Crippen molar-refractivity contribution in [3.8, 4) is 11.1 Å². The highest BCUT2D eigenvalue weighted by molar-refractivity contribution is 5.79. The van der Waals surface area contributed by atoms with Gasteiger partial charge in [0.2, 0.25) is 0 Å². The van der Waals surface area contributed by atoms with Gasteiger partial charge < -0.3 is 48.1 Å². The zero-order valence-electron chi connectivity index (χ0n) is 28.9. The Kier molecular flexibility index (Phi) is 18.1. The first-order chi connectivity index (χ1) is 24.6. The lowest BCUT2D eigenvalue weighted by molar-refractivity contribution is -0.0171. The van der Waals surface area contributed by atoms with Gasteiger partial charge in [0.15, 0.2) is 0 Å². The number of alkyl carbamates (subject to hydrolysis) is 1. The van der Waals surface area contributed by atoms with Crippen molar-refractivity contribution in [2.75, 3.05) is 106 Å². The molecule has 12 heteroatoms. The molecule has 0 radical (unpaired) electrons. The van der Waals surface area contributed by atoms with Crippen LogP contribution in [0.5, 0.6) is 0 Å². The summed E-state index contributed by atoms with van der Waals surface area (Å²) in [5.41, 5.74) is 5.72. The number of hydrogen-bond acceptors (Lipinski definition) is 10. The van der Waals surface area contributed by atoms with E-state index in [4.69, 9.17) is 37.9 Å². The molecule has 1 aliphatic carbocycles. The van der Waals surface area contributed by atoms with Gasteiger partial charge in [0, 0.05) is 26.1 Å². The summed E-state index contributed by atoms with van der Waals surface area (Å²) in [6.45, 7) is 6.56. The van der Waals surface area contributed by atoms with Gasteiger partial charge in [-0.15, -0.1) is 0 Å². The Bertz CT molecular complexity index is 1350. The van der Waals surface area contributed by atoms with Crippen LogP contribution in [0.2, 0.25) is 0 Å². The lowest BCUT2D eigenvalue weighted by Crippen LogP contribution is -2.32. The van der Waals surface area contributed by atoms with E-state index in [-0.39, 0.29) is 18.6 Å². The molecule has 0 spiro atoms. The molecule has 0 atom stereocenters. The summed E-state index contributed by atoms with van der Waals surface area (Å²) in [5.74, 6) is 0.0359. The van der Waals surface area contributed by atoms with Crippen molar-refractivity contribution in [3.63, 3.8) is 0 Å². The summed E-state index contributed by atoms with van der Waals surface area (Å²) >= 11 is 0. The fraction of sp³-hybridized carbons (Fsp3) is 0.474. The van der Waals surface area contributed by atoms with Gasteiger partial charge in [0.25, 0.3) is 0 Å². The molecule has 0 fully saturated rings. The normalized spacial score (nSPS) is 11.9. The lowest BCUT2D eigenvalue weighted by Gasteiger charge is -2.19. The third-order valence-corrected chi connectivity index (χ3v) is 7.81. The Morgan fingerprint density at radius 2 is 1.04 bits per heavy atom. The zero-order valence-corrected chi connectivity index (χ0v) is 28.9. The molecule has 3 aromatic rings. The molecule has 2 amide bonds. The summed E-state index contributed by atoms with van der Waals surface area (Å²) in [5, 5.41) is 2.64. The fourth-order valence-electron chi connectivity index (χ4n) is 5.20. The third-order valence-electron chi connectivity index (χ3n) is 7.81. The number of nitrogens with zero attached hydrogens (tertiary/aromatic N) is 1. The first kappa shape index (κ1) is 38.8. The molecule has 4 rings (SSSR count). The minimum absolute atomic E-state index is 0.0359. The van der Waals surface area contributed by atoms with E-state index in [1.165, 1.54) is 27.2 Å². The van der Waals surface area contributed by atoms with Gasteiger partial charge in [0.05, 0.1) is 79.3 Å². The predicted molar refractivity (Wildman–Crippen MR) is 187 cm³/mol. The average molecular weight is 695 g/mol. The smallest absolute Gasteiger partial charge is 0.409 e. The summed E-state index contributed by atoms with van der Waals surface area (Å²) in [7, 11) is 1.71. The van der Waals surface area contributed by atoms with Crippen LogP contribution in [-0.4, -0.2) is 123 Å². The number of amides is 2. The SMILES string of the molecule is CN(CCOCCOCCOCCOCCOCCOCCNC(=O)OCc1ccccc1)C(=O)OCC1c2ccccc2-c2ccccc21. The molecular weight excluding hydrogens is 644 g/mol. The quantitative estimate of drug-likeness (QED) is 0.123. The Hall–Kier alpha value is -4.04. The van der Waals surface area contributed by atoms with E-state index >= 15 is 0 Å². The summed E-state index contributed by atoms with van der Waals surface area (Å²) in [4.78, 5) is 25.8. The molecule has 1 aliphatic rings. The molecule has 0 saturated heterocycles. The summed E-state index contributed by atoms with van der Waals surface area (Å²) < 4.78 is 43.8. The van der Waals surface area contributed by atoms with Crippen molar-refractivity contribution >= 4 is 12.2 Å². The number of ether oxygens (including phenoxy) is 8. The standard InChI is InChI=1S/C38H50N2O10/c1-40(38(42)50-30-36-34-13-7-5-11-32(34)33-12-6-8-14-35(33)36)16-18-44-20-22-46-24-26-48-28-27-47-25-23-45-21-19-43-17-15-39-37(41)49-29-31-9-3-2-4-10-31/h2-14,36H,15-30H2,1H3,(H,39,41). The molecule has 0 aromatic heterocycles. The van der Waals surface area contributed by atoms with Crippen molar-refractivity contribution in [3.05, 3.63) is 95.6 Å². The number of carbonyl (C=O) groups excluding carboxylic acids is 2. The van der Waals surface area contributed by atoms with Gasteiger partial charge in [-0.05, 0) is 27.8 Å². The lowest BCUT2D eigenvalue weighted by atomic mass is 9.98. The molecule has 0 unspecified atom stereocenters. The van der Waals surface area contributed by atoms with Gasteiger partial charge in [-0.3, -0.25) is 0 Å². The second-order valence-corrected chi connectivity index (χ2v) is 11.4. The van der Waals surface area contributed by atoms with E-state index in [2.05, 4.69) is 29.6 Å². The van der Waals surface area contributed by atoms with Gasteiger partial charge in [-0.1, -0.05) is 78.9 Å². The first-order valence-corrected chi connectivity index (χ1v) is 17.1. The van der Waals surface area contributed by atoms with Crippen molar-refractivity contribution in [1.82, 2.24) is 10.2 Å². The second-order valence-electron chi connectivity index (χ2n) is 11.4. The van der Waals surface area contributed by atoms with E-state index in [1.54, 1.807) is 7.05 Å². The largest absolute Gasteiger partial charge is 0.448 e. The van der Waals surface area contributed by atoms with Crippen LogP contribution in [0.15, 0.2) is 78.9 Å². The van der Waals surface area contributed by atoms with E-state index in [0.717, 1.165) is 5.56 Å². The molecule has 0 saturated carbocycles. The fourth-order valence-corrected chi connectivity index (χ4v) is 5.20. The number of nitrogens with one attached hydrogen (secondary N) is 1. The molecular formula is C38H50N2O10. The van der Waals surface area contributed by atoms with E-state index < -0.39 is 6.09 Å². The topological polar surface area (TPSA) is 123 Å². The van der Waals surface area contributed by atoms with Crippen LogP contribution in [0.4, 0.5) is 9.59 Å². The number of benzene rings is 3. The first-order valence-electron chi connectivity index (χ1n) is 17.1. The van der Waals surface area contributed by atoms with Crippen LogP contribution in [0.25, 0.3) is 11.1 Å². The van der Waals surface area contributed by atoms with Gasteiger partial charge in [-0.25, -0.2) is 9.59 Å². The maximum absolute atomic E-state index is 12.6. The number of fused-ring (bicyclic) bond motifs is 3. The molecule has 12 nitrogen and oxygen atoms in total. The molecule has 3 aromatic carbocycles. The zero-order chi connectivity index (χ0) is 35.1. The van der Waals surface area contributed by atoms with Crippen molar-refractivity contribution in [2.24, 2.45) is 0 Å². The maximum Gasteiger partial charge on any atom is 0.409 e. The van der Waals surface area contributed by atoms with E-state index in [0.29, 0.717) is 99.0 Å². The van der Waals surface area contributed by atoms with Crippen LogP contribution < -0.4 is 5.32 Å². The van der Waals surface area contributed by atoms with Crippen LogP contribution in [0, 0.1) is 0 Å². The average Bonchev–Trinajstić information content (AvgIpc) is 3.47. The van der Waals surface area contributed by atoms with Crippen LogP contribution in [0.1, 0.15) is 22.6 Å². The molecule has 50 heavy (non-hydrogen) atoms. The monoisotopic (exact) mass is 694 g/mol. The Labute approximate surface area is 294 Å². The van der Waals surface area contributed by atoms with Crippen molar-refractivity contribution < 1.29 is 47.5 Å². The molecule has 0 aliphatic heterocycles. The predicted octanol–water partition coefficient (Wildman–Crippen LogP) is 4.89. The van der Waals surface area contributed by atoms with Crippen molar-refractivity contribution in [2.45, 2.75) is 12.5 Å².